The number of aromatic nitrogens is 1. The summed E-state index contributed by atoms with van der Waals surface area (Å²) < 4.78 is 0.939. The number of urea groups is 1. The number of carbonyl (C=O) groups excluding carboxylic acids is 1. The predicted molar refractivity (Wildman–Crippen MR) is 60.9 cm³/mol. The summed E-state index contributed by atoms with van der Waals surface area (Å²) in [5.74, 6) is 0. The lowest BCUT2D eigenvalue weighted by molar-refractivity contribution is 0.204. The Morgan fingerprint density at radius 3 is 3.00 bits per heavy atom. The number of pyridine rings is 1. The highest BCUT2D eigenvalue weighted by Crippen LogP contribution is 2.11. The van der Waals surface area contributed by atoms with E-state index in [1.807, 2.05) is 12.1 Å². The number of halogens is 1. The highest BCUT2D eigenvalue weighted by molar-refractivity contribution is 9.10. The molecule has 0 aliphatic carbocycles. The van der Waals surface area contributed by atoms with Crippen molar-refractivity contribution in [3.8, 4) is 0 Å². The average Bonchev–Trinajstić information content (AvgIpc) is 2.25. The third kappa shape index (κ3) is 2.62. The summed E-state index contributed by atoms with van der Waals surface area (Å²) in [6.07, 6.45) is 4.21. The van der Waals surface area contributed by atoms with Crippen LogP contribution in [0.1, 0.15) is 12.1 Å². The van der Waals surface area contributed by atoms with Crippen LogP contribution >= 0.6 is 15.9 Å². The fraction of sp³-hybridized carbons (Fsp3) is 0.300. The molecule has 4 nitrogen and oxygen atoms in total. The Labute approximate surface area is 96.2 Å². The lowest BCUT2D eigenvalue weighted by Gasteiger charge is -2.21. The molecule has 1 aromatic rings. The largest absolute Gasteiger partial charge is 0.343 e. The molecule has 0 saturated heterocycles. The second-order valence-electron chi connectivity index (χ2n) is 3.27. The molecule has 78 valence electrons. The van der Waals surface area contributed by atoms with Gasteiger partial charge in [0.15, 0.2) is 0 Å². The lowest BCUT2D eigenvalue weighted by Crippen LogP contribution is -2.32. The molecule has 2 heterocycles. The van der Waals surface area contributed by atoms with Crippen molar-refractivity contribution in [3.63, 3.8) is 0 Å². The summed E-state index contributed by atoms with van der Waals surface area (Å²) >= 11 is 3.32. The first-order valence-corrected chi connectivity index (χ1v) is 5.47. The molecule has 0 fully saturated rings. The summed E-state index contributed by atoms with van der Waals surface area (Å²) in [7, 11) is 0. The fourth-order valence-corrected chi connectivity index (χ4v) is 1.61. The Hall–Kier alpha value is -1.23. The van der Waals surface area contributed by atoms with Gasteiger partial charge in [0.25, 0.3) is 0 Å². The molecule has 0 N–H and O–H groups in total. The van der Waals surface area contributed by atoms with E-state index in [0.717, 1.165) is 23.1 Å². The Balaban J connectivity index is 2.05. The second-order valence-corrected chi connectivity index (χ2v) is 4.19. The van der Waals surface area contributed by atoms with Crippen molar-refractivity contribution >= 4 is 28.2 Å². The van der Waals surface area contributed by atoms with E-state index >= 15 is 0 Å². The van der Waals surface area contributed by atoms with Crippen LogP contribution in [0, 0.1) is 0 Å². The van der Waals surface area contributed by atoms with Crippen molar-refractivity contribution in [2.45, 2.75) is 13.0 Å². The zero-order chi connectivity index (χ0) is 10.7. The van der Waals surface area contributed by atoms with Gasteiger partial charge in [0.05, 0.1) is 12.2 Å². The molecule has 0 unspecified atom stereocenters. The number of aliphatic imine (C=N–C) groups is 1. The first-order chi connectivity index (χ1) is 7.25. The normalized spacial score (nSPS) is 15.8. The Morgan fingerprint density at radius 2 is 2.33 bits per heavy atom. The molecule has 0 spiro atoms. The van der Waals surface area contributed by atoms with E-state index < -0.39 is 0 Å². The molecule has 1 aromatic heterocycles. The van der Waals surface area contributed by atoms with Crippen LogP contribution in [0.2, 0.25) is 0 Å². The molecule has 5 heteroatoms. The van der Waals surface area contributed by atoms with Crippen molar-refractivity contribution in [1.29, 1.82) is 0 Å². The number of carbonyl (C=O) groups is 1. The van der Waals surface area contributed by atoms with Crippen LogP contribution in [-0.4, -0.2) is 28.7 Å². The van der Waals surface area contributed by atoms with Crippen LogP contribution in [-0.2, 0) is 6.54 Å². The van der Waals surface area contributed by atoms with Crippen LogP contribution in [0.3, 0.4) is 0 Å². The Bertz CT molecular complexity index is 388. The topological polar surface area (TPSA) is 45.6 Å². The first kappa shape index (κ1) is 10.3. The number of rotatable bonds is 2. The lowest BCUT2D eigenvalue weighted by atomic mass is 10.3. The molecule has 1 aliphatic rings. The van der Waals surface area contributed by atoms with Gasteiger partial charge in [-0.2, -0.15) is 0 Å². The molecule has 0 radical (unpaired) electrons. The van der Waals surface area contributed by atoms with E-state index in [2.05, 4.69) is 25.9 Å². The van der Waals surface area contributed by atoms with E-state index in [4.69, 9.17) is 0 Å². The molecular weight excluding hydrogens is 258 g/mol. The second kappa shape index (κ2) is 4.53. The van der Waals surface area contributed by atoms with Crippen molar-refractivity contribution < 1.29 is 4.79 Å². The number of hydrogen-bond donors (Lipinski definition) is 0. The van der Waals surface area contributed by atoms with E-state index in [-0.39, 0.29) is 6.03 Å². The van der Waals surface area contributed by atoms with Crippen LogP contribution in [0.5, 0.6) is 0 Å². The maximum Gasteiger partial charge on any atom is 0.343 e. The maximum absolute atomic E-state index is 11.4. The minimum Gasteiger partial charge on any atom is -0.317 e. The van der Waals surface area contributed by atoms with E-state index in [1.165, 1.54) is 0 Å². The predicted octanol–water partition coefficient (Wildman–Crippen LogP) is 2.24. The first-order valence-electron chi connectivity index (χ1n) is 4.67. The summed E-state index contributed by atoms with van der Waals surface area (Å²) in [5, 5.41) is 0. The van der Waals surface area contributed by atoms with Gasteiger partial charge in [-0.3, -0.25) is 4.98 Å². The molecule has 2 amide bonds. The standard InChI is InChI=1S/C10H10BrN3O/c11-8-2-3-9(13-6-8)7-14-5-1-4-12-10(14)15/h2-4,6H,1,5,7H2. The molecule has 0 bridgehead atoms. The Morgan fingerprint density at radius 1 is 1.47 bits per heavy atom. The maximum atomic E-state index is 11.4. The van der Waals surface area contributed by atoms with Crippen molar-refractivity contribution in [1.82, 2.24) is 9.88 Å². The summed E-state index contributed by atoms with van der Waals surface area (Å²) in [6, 6.07) is 3.64. The summed E-state index contributed by atoms with van der Waals surface area (Å²) in [4.78, 5) is 21.0. The number of amides is 2. The molecular formula is C10H10BrN3O. The van der Waals surface area contributed by atoms with Crippen LogP contribution < -0.4 is 0 Å². The summed E-state index contributed by atoms with van der Waals surface area (Å²) in [6.45, 7) is 1.25. The molecule has 1 aliphatic heterocycles. The fourth-order valence-electron chi connectivity index (χ4n) is 1.38. The average molecular weight is 268 g/mol. The van der Waals surface area contributed by atoms with Crippen LogP contribution in [0.15, 0.2) is 27.8 Å². The minimum absolute atomic E-state index is 0.175. The van der Waals surface area contributed by atoms with Gasteiger partial charge in [-0.25, -0.2) is 9.79 Å². The Kier molecular flexibility index (Phi) is 3.11. The highest BCUT2D eigenvalue weighted by atomic mass is 79.9. The van der Waals surface area contributed by atoms with Gasteiger partial charge in [-0.05, 0) is 28.1 Å². The molecule has 0 aromatic carbocycles. The van der Waals surface area contributed by atoms with E-state index in [9.17, 15) is 4.79 Å². The number of hydrogen-bond acceptors (Lipinski definition) is 2. The van der Waals surface area contributed by atoms with Gasteiger partial charge in [0.1, 0.15) is 0 Å². The van der Waals surface area contributed by atoms with Crippen molar-refractivity contribution in [2.24, 2.45) is 4.99 Å². The molecule has 15 heavy (non-hydrogen) atoms. The van der Waals surface area contributed by atoms with Gasteiger partial charge in [-0.1, -0.05) is 0 Å². The zero-order valence-corrected chi connectivity index (χ0v) is 9.64. The van der Waals surface area contributed by atoms with Gasteiger partial charge >= 0.3 is 6.03 Å². The smallest absolute Gasteiger partial charge is 0.317 e. The van der Waals surface area contributed by atoms with Gasteiger partial charge in [-0.15, -0.1) is 0 Å². The van der Waals surface area contributed by atoms with Gasteiger partial charge in [0, 0.05) is 29.8 Å². The molecule has 2 rings (SSSR count). The third-order valence-electron chi connectivity index (χ3n) is 2.14. The highest BCUT2D eigenvalue weighted by Gasteiger charge is 2.15. The minimum atomic E-state index is -0.175. The monoisotopic (exact) mass is 267 g/mol. The SMILES string of the molecule is O=C1N=CCCN1Cc1ccc(Br)cn1. The van der Waals surface area contributed by atoms with E-state index in [0.29, 0.717) is 6.54 Å². The number of nitrogens with zero attached hydrogens (tertiary/aromatic N) is 3. The van der Waals surface area contributed by atoms with Crippen LogP contribution in [0.25, 0.3) is 0 Å². The van der Waals surface area contributed by atoms with Crippen molar-refractivity contribution in [3.05, 3.63) is 28.5 Å². The molecule has 0 atom stereocenters. The van der Waals surface area contributed by atoms with Gasteiger partial charge in [0.2, 0.25) is 0 Å². The zero-order valence-electron chi connectivity index (χ0n) is 8.06. The summed E-state index contributed by atoms with van der Waals surface area (Å²) in [5.41, 5.74) is 0.878. The van der Waals surface area contributed by atoms with Crippen molar-refractivity contribution in [2.75, 3.05) is 6.54 Å². The third-order valence-corrected chi connectivity index (χ3v) is 2.61. The quantitative estimate of drug-likeness (QED) is 0.825. The van der Waals surface area contributed by atoms with Crippen LogP contribution in [0.4, 0.5) is 4.79 Å². The van der Waals surface area contributed by atoms with Gasteiger partial charge < -0.3 is 4.90 Å². The van der Waals surface area contributed by atoms with E-state index in [1.54, 1.807) is 17.3 Å². The molecule has 0 saturated carbocycles.